The molecule has 0 radical (unpaired) electrons. The molecule has 2 aromatic heterocycles. The Morgan fingerprint density at radius 2 is 1.51 bits per heavy atom. The van der Waals surface area contributed by atoms with Crippen molar-refractivity contribution in [3.05, 3.63) is 118 Å². The Hall–Kier alpha value is -4.59. The van der Waals surface area contributed by atoms with Crippen LogP contribution in [-0.2, 0) is 0 Å². The molecule has 2 heterocycles. The number of fused-ring (bicyclic) bond motifs is 1. The van der Waals surface area contributed by atoms with Crippen molar-refractivity contribution in [2.45, 2.75) is 19.9 Å². The summed E-state index contributed by atoms with van der Waals surface area (Å²) >= 11 is 0. The highest BCUT2D eigenvalue weighted by atomic mass is 19.1. The van der Waals surface area contributed by atoms with Gasteiger partial charge in [-0.15, -0.1) is 0 Å². The number of benzene rings is 3. The Bertz CT molecular complexity index is 1590. The summed E-state index contributed by atoms with van der Waals surface area (Å²) in [7, 11) is 0. The number of hydrogen-bond acceptors (Lipinski definition) is 4. The van der Waals surface area contributed by atoms with E-state index in [4.69, 9.17) is 0 Å². The molecule has 5 rings (SSSR count). The van der Waals surface area contributed by atoms with Gasteiger partial charge in [-0.05, 0) is 56.3 Å². The second-order valence-electron chi connectivity index (χ2n) is 8.22. The summed E-state index contributed by atoms with van der Waals surface area (Å²) in [6.07, 6.45) is 1.68. The van der Waals surface area contributed by atoms with Crippen molar-refractivity contribution < 1.29 is 9.18 Å². The zero-order chi connectivity index (χ0) is 24.5. The predicted molar refractivity (Wildman–Crippen MR) is 131 cm³/mol. The number of carbonyl (C=O) groups excluding carboxylic acids is 1. The second kappa shape index (κ2) is 8.98. The summed E-state index contributed by atoms with van der Waals surface area (Å²) in [6.45, 7) is 3.74. The standard InChI is InChI=1S/C27H22FN5O2/c1-17(24-16-29-32(18(24)2)21-14-12-19(28)13-15-21)30-26(34)25-22-10-6-7-11-23(22)27(35)33(31-25)20-8-4-3-5-9-20/h3-17H,1-2H3,(H,30,34). The van der Waals surface area contributed by atoms with Gasteiger partial charge in [0.15, 0.2) is 5.69 Å². The van der Waals surface area contributed by atoms with E-state index in [-0.39, 0.29) is 17.1 Å². The van der Waals surface area contributed by atoms with E-state index in [1.54, 1.807) is 59.4 Å². The lowest BCUT2D eigenvalue weighted by Crippen LogP contribution is -2.31. The fraction of sp³-hybridized carbons (Fsp3) is 0.111. The fourth-order valence-electron chi connectivity index (χ4n) is 4.13. The summed E-state index contributed by atoms with van der Waals surface area (Å²) in [5.74, 6) is -0.733. The molecule has 8 heteroatoms. The Kier molecular flexibility index (Phi) is 5.70. The summed E-state index contributed by atoms with van der Waals surface area (Å²) in [5, 5.41) is 12.7. The smallest absolute Gasteiger partial charge is 0.279 e. The van der Waals surface area contributed by atoms with Gasteiger partial charge < -0.3 is 5.32 Å². The van der Waals surface area contributed by atoms with Crippen molar-refractivity contribution in [2.24, 2.45) is 0 Å². The number of hydrogen-bond donors (Lipinski definition) is 1. The molecule has 0 spiro atoms. The number of aromatic nitrogens is 4. The van der Waals surface area contributed by atoms with Gasteiger partial charge in [-0.3, -0.25) is 9.59 Å². The molecule has 1 unspecified atom stereocenters. The van der Waals surface area contributed by atoms with Gasteiger partial charge in [0.1, 0.15) is 5.82 Å². The van der Waals surface area contributed by atoms with Gasteiger partial charge in [-0.25, -0.2) is 9.07 Å². The molecule has 1 atom stereocenters. The minimum atomic E-state index is -0.410. The van der Waals surface area contributed by atoms with Crippen molar-refractivity contribution >= 4 is 16.7 Å². The van der Waals surface area contributed by atoms with Gasteiger partial charge in [0, 0.05) is 16.6 Å². The van der Waals surface area contributed by atoms with E-state index in [0.29, 0.717) is 16.5 Å². The third-order valence-electron chi connectivity index (χ3n) is 5.95. The number of amides is 1. The minimum absolute atomic E-state index is 0.152. The van der Waals surface area contributed by atoms with E-state index < -0.39 is 11.9 Å². The first-order valence-corrected chi connectivity index (χ1v) is 11.1. The lowest BCUT2D eigenvalue weighted by atomic mass is 10.1. The van der Waals surface area contributed by atoms with Crippen LogP contribution < -0.4 is 10.9 Å². The van der Waals surface area contributed by atoms with Crippen LogP contribution in [-0.4, -0.2) is 25.5 Å². The second-order valence-corrected chi connectivity index (χ2v) is 8.22. The highest BCUT2D eigenvalue weighted by Crippen LogP contribution is 2.22. The first-order chi connectivity index (χ1) is 16.9. The summed E-state index contributed by atoms with van der Waals surface area (Å²) in [5.41, 5.74) is 2.77. The first kappa shape index (κ1) is 22.2. The molecule has 0 saturated heterocycles. The molecule has 174 valence electrons. The van der Waals surface area contributed by atoms with Crippen LogP contribution in [0.4, 0.5) is 4.39 Å². The lowest BCUT2D eigenvalue weighted by Gasteiger charge is -2.16. The van der Waals surface area contributed by atoms with Gasteiger partial charge >= 0.3 is 0 Å². The number of nitrogens with zero attached hydrogens (tertiary/aromatic N) is 4. The van der Waals surface area contributed by atoms with Crippen LogP contribution >= 0.6 is 0 Å². The monoisotopic (exact) mass is 467 g/mol. The van der Waals surface area contributed by atoms with Crippen molar-refractivity contribution in [3.8, 4) is 11.4 Å². The molecule has 3 aromatic carbocycles. The molecule has 0 aliphatic heterocycles. The van der Waals surface area contributed by atoms with Crippen molar-refractivity contribution in [3.63, 3.8) is 0 Å². The summed E-state index contributed by atoms with van der Waals surface area (Å²) < 4.78 is 16.3. The molecule has 1 N–H and O–H groups in total. The van der Waals surface area contributed by atoms with Crippen LogP contribution in [0.1, 0.15) is 34.7 Å². The van der Waals surface area contributed by atoms with Crippen LogP contribution in [0.25, 0.3) is 22.1 Å². The van der Waals surface area contributed by atoms with Gasteiger partial charge in [-0.1, -0.05) is 36.4 Å². The van der Waals surface area contributed by atoms with E-state index >= 15 is 0 Å². The average molecular weight is 468 g/mol. The van der Waals surface area contributed by atoms with Crippen molar-refractivity contribution in [1.82, 2.24) is 24.9 Å². The molecular formula is C27H22FN5O2. The highest BCUT2D eigenvalue weighted by molar-refractivity contribution is 6.05. The SMILES string of the molecule is Cc1c(C(C)NC(=O)c2nn(-c3ccccc3)c(=O)c3ccccc23)cnn1-c1ccc(F)cc1. The summed E-state index contributed by atoms with van der Waals surface area (Å²) in [4.78, 5) is 26.5. The van der Waals surface area contributed by atoms with Gasteiger partial charge in [0.05, 0.1) is 29.0 Å². The Morgan fingerprint density at radius 1 is 0.886 bits per heavy atom. The third kappa shape index (κ3) is 4.10. The molecule has 0 saturated carbocycles. The molecule has 35 heavy (non-hydrogen) atoms. The van der Waals surface area contributed by atoms with Gasteiger partial charge in [0.25, 0.3) is 11.5 Å². The van der Waals surface area contributed by atoms with Crippen LogP contribution in [0.3, 0.4) is 0 Å². The third-order valence-corrected chi connectivity index (χ3v) is 5.95. The molecule has 5 aromatic rings. The predicted octanol–water partition coefficient (Wildman–Crippen LogP) is 4.51. The zero-order valence-electron chi connectivity index (χ0n) is 19.1. The fourth-order valence-corrected chi connectivity index (χ4v) is 4.13. The van der Waals surface area contributed by atoms with Crippen LogP contribution in [0, 0.1) is 12.7 Å². The number of nitrogens with one attached hydrogen (secondary N) is 1. The maximum absolute atomic E-state index is 13.4. The number of halogens is 1. The van der Waals surface area contributed by atoms with E-state index in [9.17, 15) is 14.0 Å². The van der Waals surface area contributed by atoms with E-state index in [0.717, 1.165) is 16.9 Å². The maximum atomic E-state index is 13.4. The number of para-hydroxylation sites is 1. The highest BCUT2D eigenvalue weighted by Gasteiger charge is 2.21. The molecule has 0 aliphatic carbocycles. The Labute approximate surface area is 200 Å². The van der Waals surface area contributed by atoms with E-state index in [2.05, 4.69) is 15.5 Å². The van der Waals surface area contributed by atoms with E-state index in [1.165, 1.54) is 16.8 Å². The van der Waals surface area contributed by atoms with Gasteiger partial charge in [0.2, 0.25) is 0 Å². The largest absolute Gasteiger partial charge is 0.344 e. The molecule has 1 amide bonds. The topological polar surface area (TPSA) is 81.8 Å². The summed E-state index contributed by atoms with van der Waals surface area (Å²) in [6, 6.07) is 21.6. The van der Waals surface area contributed by atoms with Gasteiger partial charge in [-0.2, -0.15) is 14.9 Å². The Morgan fingerprint density at radius 3 is 2.23 bits per heavy atom. The molecule has 0 bridgehead atoms. The molecular weight excluding hydrogens is 445 g/mol. The minimum Gasteiger partial charge on any atom is -0.344 e. The molecule has 0 fully saturated rings. The average Bonchev–Trinajstić information content (AvgIpc) is 3.26. The van der Waals surface area contributed by atoms with E-state index in [1.807, 2.05) is 32.0 Å². The van der Waals surface area contributed by atoms with Crippen LogP contribution in [0.5, 0.6) is 0 Å². The molecule has 0 aliphatic rings. The molecule has 7 nitrogen and oxygen atoms in total. The normalized spacial score (nSPS) is 12.0. The first-order valence-electron chi connectivity index (χ1n) is 11.1. The van der Waals surface area contributed by atoms with Crippen molar-refractivity contribution in [2.75, 3.05) is 0 Å². The lowest BCUT2D eigenvalue weighted by molar-refractivity contribution is 0.0935. The Balaban J connectivity index is 1.50. The number of rotatable bonds is 5. The quantitative estimate of drug-likeness (QED) is 0.412. The zero-order valence-corrected chi connectivity index (χ0v) is 19.1. The maximum Gasteiger partial charge on any atom is 0.279 e. The van der Waals surface area contributed by atoms with Crippen LogP contribution in [0.2, 0.25) is 0 Å². The van der Waals surface area contributed by atoms with Crippen LogP contribution in [0.15, 0.2) is 89.9 Å². The number of carbonyl (C=O) groups is 1. The van der Waals surface area contributed by atoms with Crippen molar-refractivity contribution in [1.29, 1.82) is 0 Å².